The minimum atomic E-state index is -0.0674. The zero-order chi connectivity index (χ0) is 23.5. The van der Waals surface area contributed by atoms with E-state index in [1.54, 1.807) is 14.0 Å². The molecular weight excluding hydrogens is 426 g/mol. The minimum absolute atomic E-state index is 0.0674. The summed E-state index contributed by atoms with van der Waals surface area (Å²) in [5.74, 6) is 0. The summed E-state index contributed by atoms with van der Waals surface area (Å²) >= 11 is 0. The Kier molecular flexibility index (Phi) is 6.24. The first-order chi connectivity index (χ1) is 16.0. The molecule has 0 amide bonds. The van der Waals surface area contributed by atoms with Crippen molar-refractivity contribution in [1.29, 1.82) is 16.2 Å². The highest BCUT2D eigenvalue weighted by molar-refractivity contribution is 5.74. The van der Waals surface area contributed by atoms with Crippen molar-refractivity contribution in [2.75, 3.05) is 0 Å². The van der Waals surface area contributed by atoms with E-state index in [9.17, 15) is 0 Å². The number of hydrogen-bond acceptors (Lipinski definition) is 6. The van der Waals surface area contributed by atoms with Crippen molar-refractivity contribution in [3.05, 3.63) is 34.9 Å². The molecule has 0 saturated heterocycles. The minimum Gasteiger partial charge on any atom is -0.486 e. The topological polar surface area (TPSA) is 165 Å². The van der Waals surface area contributed by atoms with Crippen molar-refractivity contribution in [2.24, 2.45) is 0 Å². The van der Waals surface area contributed by atoms with E-state index < -0.39 is 0 Å². The highest BCUT2D eigenvalue weighted by Crippen LogP contribution is 2.26. The van der Waals surface area contributed by atoms with Crippen molar-refractivity contribution < 1.29 is 27.6 Å². The second-order valence-electron chi connectivity index (χ2n) is 7.72. The molecule has 1 aromatic carbocycles. The van der Waals surface area contributed by atoms with Gasteiger partial charge in [-0.2, -0.15) is 0 Å². The van der Waals surface area contributed by atoms with Crippen LogP contribution >= 0.6 is 0 Å². The number of rotatable bonds is 9. The van der Waals surface area contributed by atoms with E-state index in [0.717, 1.165) is 19.3 Å². The molecule has 0 radical (unpaired) electrons. The predicted octanol–water partition coefficient (Wildman–Crippen LogP) is -0.131. The van der Waals surface area contributed by atoms with Crippen LogP contribution in [-0.2, 0) is 19.6 Å². The Balaban J connectivity index is 2.02. The van der Waals surface area contributed by atoms with E-state index >= 15 is 0 Å². The van der Waals surface area contributed by atoms with Gasteiger partial charge in [0.1, 0.15) is 19.6 Å². The van der Waals surface area contributed by atoms with E-state index in [4.69, 9.17) is 29.8 Å². The molecular formula is C21H27N9O3. The molecule has 0 aliphatic rings. The maximum atomic E-state index is 8.30. The Morgan fingerprint density at radius 1 is 0.576 bits per heavy atom. The molecule has 0 fully saturated rings. The molecule has 3 N–H and O–H groups in total. The molecule has 0 atom stereocenters. The smallest absolute Gasteiger partial charge is 0.273 e. The van der Waals surface area contributed by atoms with Crippen LogP contribution < -0.4 is 46.5 Å². The van der Waals surface area contributed by atoms with Gasteiger partial charge in [-0.05, 0) is 18.2 Å². The van der Waals surface area contributed by atoms with E-state index in [0.29, 0.717) is 53.4 Å². The Morgan fingerprint density at radius 2 is 0.848 bits per heavy atom. The van der Waals surface area contributed by atoms with Crippen molar-refractivity contribution in [1.82, 2.24) is 15.8 Å². The summed E-state index contributed by atoms with van der Waals surface area (Å²) in [6, 6.07) is 5.58. The summed E-state index contributed by atoms with van der Waals surface area (Å²) in [5.41, 5.74) is 3.31. The molecule has 33 heavy (non-hydrogen) atoms. The van der Waals surface area contributed by atoms with Gasteiger partial charge in [0, 0.05) is 19.3 Å². The van der Waals surface area contributed by atoms with E-state index in [1.165, 1.54) is 0 Å². The van der Waals surface area contributed by atoms with Crippen LogP contribution in [0.4, 0.5) is 0 Å². The van der Waals surface area contributed by atoms with Gasteiger partial charge < -0.3 is 13.6 Å². The Hall–Kier alpha value is -3.96. The Labute approximate surface area is 188 Å². The average molecular weight is 454 g/mol. The van der Waals surface area contributed by atoms with Gasteiger partial charge in [-0.3, -0.25) is 32.0 Å². The van der Waals surface area contributed by atoms with Crippen LogP contribution in [0, 0.1) is 16.2 Å². The van der Waals surface area contributed by atoms with E-state index in [2.05, 4.69) is 15.8 Å². The summed E-state index contributed by atoms with van der Waals surface area (Å²) in [6.45, 7) is 7.80. The van der Waals surface area contributed by atoms with Gasteiger partial charge in [0.2, 0.25) is 0 Å². The highest BCUT2D eigenvalue weighted by Gasteiger charge is 2.25. The van der Waals surface area contributed by atoms with Gasteiger partial charge in [0.05, 0.1) is 16.7 Å². The van der Waals surface area contributed by atoms with Gasteiger partial charge >= 0.3 is 0 Å². The van der Waals surface area contributed by atoms with Crippen molar-refractivity contribution in [2.45, 2.75) is 59.7 Å². The van der Waals surface area contributed by atoms with E-state index in [1.807, 2.05) is 39.0 Å². The average Bonchev–Trinajstić information content (AvgIpc) is 3.46. The molecule has 3 aromatic heterocycles. The van der Waals surface area contributed by atoms with Crippen LogP contribution in [0.15, 0.2) is 31.8 Å². The molecule has 3 heterocycles. The number of benzene rings is 1. The quantitative estimate of drug-likeness (QED) is 0.299. The first-order valence-electron chi connectivity index (χ1n) is 11.0. The SMILES string of the molecule is CCC[n+]1[n-]oc(=N)c1-c1cc(-c2c(=N)o[n-][n+]2CCC)cc(-c2c(=N)o[n-][n+]2CCC)c1. The molecule has 174 valence electrons. The lowest BCUT2D eigenvalue weighted by Gasteiger charge is -2.07. The lowest BCUT2D eigenvalue weighted by Crippen LogP contribution is -2.41. The summed E-state index contributed by atoms with van der Waals surface area (Å²) in [6.07, 6.45) is 2.44. The molecule has 0 bridgehead atoms. The number of hydrogen-bond donors (Lipinski definition) is 3. The zero-order valence-electron chi connectivity index (χ0n) is 18.9. The maximum absolute atomic E-state index is 8.30. The normalized spacial score (nSPS) is 11.4. The Morgan fingerprint density at radius 3 is 1.09 bits per heavy atom. The third kappa shape index (κ3) is 4.11. The van der Waals surface area contributed by atoms with Gasteiger partial charge in [-0.15, -0.1) is 0 Å². The third-order valence-electron chi connectivity index (χ3n) is 5.17. The maximum Gasteiger partial charge on any atom is 0.273 e. The van der Waals surface area contributed by atoms with E-state index in [-0.39, 0.29) is 16.7 Å². The van der Waals surface area contributed by atoms with Crippen molar-refractivity contribution in [3.63, 3.8) is 0 Å². The largest absolute Gasteiger partial charge is 0.486 e. The monoisotopic (exact) mass is 453 g/mol. The molecule has 0 aliphatic heterocycles. The standard InChI is InChI=1S/C21H27N9O3/c1-4-7-28-16(19(22)31-25-28)13-10-14(17-20(23)32-26-29(17)8-5-2)12-15(11-13)18-21(24)33-27-30(18)9-6-3/h10-12,22-24H,4-9H2,1-3H3. The second kappa shape index (κ2) is 9.27. The summed E-state index contributed by atoms with van der Waals surface area (Å²) in [5, 5.41) is 36.9. The fraction of sp³-hybridized carbons (Fsp3) is 0.429. The summed E-state index contributed by atoms with van der Waals surface area (Å²) in [4.78, 5) is 0. The fourth-order valence-corrected chi connectivity index (χ4v) is 3.85. The van der Waals surface area contributed by atoms with Gasteiger partial charge in [0.25, 0.3) is 33.7 Å². The summed E-state index contributed by atoms with van der Waals surface area (Å²) in [7, 11) is 0. The molecule has 4 rings (SSSR count). The molecule has 12 nitrogen and oxygen atoms in total. The lowest BCUT2D eigenvalue weighted by atomic mass is 9.99. The predicted molar refractivity (Wildman–Crippen MR) is 109 cm³/mol. The molecule has 0 saturated carbocycles. The number of nitrogens with zero attached hydrogens (tertiary/aromatic N) is 6. The third-order valence-corrected chi connectivity index (χ3v) is 5.17. The van der Waals surface area contributed by atoms with Crippen molar-refractivity contribution >= 4 is 0 Å². The first kappa shape index (κ1) is 22.2. The zero-order valence-corrected chi connectivity index (χ0v) is 18.9. The first-order valence-corrected chi connectivity index (χ1v) is 11.0. The highest BCUT2D eigenvalue weighted by atomic mass is 16.5. The number of aryl methyl sites for hydroxylation is 3. The Bertz CT molecular complexity index is 1250. The van der Waals surface area contributed by atoms with Crippen LogP contribution in [0.5, 0.6) is 0 Å². The van der Waals surface area contributed by atoms with Crippen LogP contribution in [0.3, 0.4) is 0 Å². The van der Waals surface area contributed by atoms with Crippen LogP contribution in [0.25, 0.3) is 33.8 Å². The van der Waals surface area contributed by atoms with Crippen molar-refractivity contribution in [3.8, 4) is 33.8 Å². The second-order valence-corrected chi connectivity index (χ2v) is 7.72. The number of aromatic nitrogens is 6. The van der Waals surface area contributed by atoms with Gasteiger partial charge in [0.15, 0.2) is 0 Å². The summed E-state index contributed by atoms with van der Waals surface area (Å²) < 4.78 is 20.5. The van der Waals surface area contributed by atoms with Gasteiger partial charge in [-0.1, -0.05) is 20.8 Å². The van der Waals surface area contributed by atoms with Crippen LogP contribution in [0.2, 0.25) is 0 Å². The molecule has 0 aliphatic carbocycles. The molecule has 0 spiro atoms. The fourth-order valence-electron chi connectivity index (χ4n) is 3.85. The molecule has 0 unspecified atom stereocenters. The van der Waals surface area contributed by atoms with Crippen LogP contribution in [-0.4, -0.2) is 0 Å². The lowest BCUT2D eigenvalue weighted by molar-refractivity contribution is -0.758. The molecule has 12 heteroatoms. The van der Waals surface area contributed by atoms with Gasteiger partial charge in [-0.25, -0.2) is 14.0 Å². The number of nitrogens with one attached hydrogen (secondary N) is 3. The molecule has 4 aromatic rings. The van der Waals surface area contributed by atoms with Crippen LogP contribution in [0.1, 0.15) is 40.0 Å².